The van der Waals surface area contributed by atoms with E-state index in [4.69, 9.17) is 14.2 Å². The molecule has 3 rings (SSSR count). The molecule has 1 saturated heterocycles. The average molecular weight is 511 g/mol. The third kappa shape index (κ3) is 7.41. The van der Waals surface area contributed by atoms with E-state index in [0.29, 0.717) is 23.8 Å². The highest BCUT2D eigenvalue weighted by molar-refractivity contribution is 5.85. The van der Waals surface area contributed by atoms with Gasteiger partial charge in [-0.15, -0.1) is 0 Å². The maximum absolute atomic E-state index is 14.1. The quantitative estimate of drug-likeness (QED) is 0.279. The fraction of sp³-hybridized carbons (Fsp3) is 0.581. The van der Waals surface area contributed by atoms with Crippen LogP contribution < -0.4 is 14.2 Å². The molecule has 1 unspecified atom stereocenters. The largest absolute Gasteiger partial charge is 0.493 e. The van der Waals surface area contributed by atoms with Gasteiger partial charge in [-0.1, -0.05) is 50.6 Å². The first-order valence-corrected chi connectivity index (χ1v) is 13.8. The molecule has 37 heavy (non-hydrogen) atoms. The second kappa shape index (κ2) is 14.3. The standard InChI is InChI=1S/C31H46N2O4/c1-6-8-19-32(18-7-2)20-16-31(15-14-25-12-10-9-11-13-25)17-21-33(30(31)34)24-26-22-27(35-3)29(37-5)28(23-26)36-4/h9-13,22-23H,6-8,14-21,24H2,1-5H3. The number of rotatable bonds is 16. The molecular weight excluding hydrogens is 464 g/mol. The molecule has 1 heterocycles. The third-order valence-corrected chi connectivity index (χ3v) is 7.71. The SMILES string of the molecule is CCCCN(CCC)CCC1(CCc2ccccc2)CCN(Cc2cc(OC)c(OC)c(OC)c2)C1=O. The van der Waals surface area contributed by atoms with E-state index in [-0.39, 0.29) is 11.3 Å². The number of carbonyl (C=O) groups excluding carboxylic acids is 1. The minimum absolute atomic E-state index is 0.282. The van der Waals surface area contributed by atoms with E-state index in [0.717, 1.165) is 63.8 Å². The first-order valence-electron chi connectivity index (χ1n) is 13.8. The molecule has 0 aromatic heterocycles. The van der Waals surface area contributed by atoms with Gasteiger partial charge in [0, 0.05) is 13.1 Å². The van der Waals surface area contributed by atoms with E-state index >= 15 is 0 Å². The lowest BCUT2D eigenvalue weighted by Gasteiger charge is -2.31. The van der Waals surface area contributed by atoms with Crippen molar-refractivity contribution in [1.82, 2.24) is 9.80 Å². The van der Waals surface area contributed by atoms with E-state index in [1.165, 1.54) is 18.4 Å². The first-order chi connectivity index (χ1) is 18.0. The molecule has 2 aromatic carbocycles. The first kappa shape index (κ1) is 28.8. The summed E-state index contributed by atoms with van der Waals surface area (Å²) in [6.07, 6.45) is 7.16. The van der Waals surface area contributed by atoms with Gasteiger partial charge in [0.2, 0.25) is 11.7 Å². The number of benzene rings is 2. The minimum Gasteiger partial charge on any atom is -0.493 e. The lowest BCUT2D eigenvalue weighted by Crippen LogP contribution is -2.38. The zero-order valence-electron chi connectivity index (χ0n) is 23.6. The molecule has 2 aromatic rings. The summed E-state index contributed by atoms with van der Waals surface area (Å²) >= 11 is 0. The van der Waals surface area contributed by atoms with Gasteiger partial charge >= 0.3 is 0 Å². The molecule has 1 amide bonds. The summed E-state index contributed by atoms with van der Waals surface area (Å²) in [7, 11) is 4.85. The molecule has 204 valence electrons. The van der Waals surface area contributed by atoms with Gasteiger partial charge in [0.25, 0.3) is 0 Å². The molecule has 0 aliphatic carbocycles. The number of hydrogen-bond acceptors (Lipinski definition) is 5. The summed E-state index contributed by atoms with van der Waals surface area (Å²) in [5.74, 6) is 2.08. The van der Waals surface area contributed by atoms with Crippen LogP contribution >= 0.6 is 0 Å². The highest BCUT2D eigenvalue weighted by Gasteiger charge is 2.45. The van der Waals surface area contributed by atoms with Crippen molar-refractivity contribution in [3.8, 4) is 17.2 Å². The molecule has 1 atom stereocenters. The van der Waals surface area contributed by atoms with Crippen molar-refractivity contribution in [2.24, 2.45) is 5.41 Å². The van der Waals surface area contributed by atoms with Crippen molar-refractivity contribution in [2.45, 2.75) is 65.3 Å². The number of hydrogen-bond donors (Lipinski definition) is 0. The lowest BCUT2D eigenvalue weighted by molar-refractivity contribution is -0.137. The number of amides is 1. The van der Waals surface area contributed by atoms with Gasteiger partial charge in [-0.05, 0) is 81.4 Å². The Kier molecular flexibility index (Phi) is 11.1. The van der Waals surface area contributed by atoms with Gasteiger partial charge in [-0.3, -0.25) is 4.79 Å². The summed E-state index contributed by atoms with van der Waals surface area (Å²) < 4.78 is 16.6. The van der Waals surface area contributed by atoms with Crippen LogP contribution in [0.2, 0.25) is 0 Å². The van der Waals surface area contributed by atoms with Gasteiger partial charge in [0.1, 0.15) is 0 Å². The Morgan fingerprint density at radius 1 is 0.865 bits per heavy atom. The molecule has 1 aliphatic rings. The predicted molar refractivity (Wildman–Crippen MR) is 150 cm³/mol. The van der Waals surface area contributed by atoms with Gasteiger partial charge in [-0.2, -0.15) is 0 Å². The number of ether oxygens (including phenoxy) is 3. The van der Waals surface area contributed by atoms with Crippen molar-refractivity contribution < 1.29 is 19.0 Å². The van der Waals surface area contributed by atoms with Crippen LogP contribution in [-0.2, 0) is 17.8 Å². The normalized spacial score (nSPS) is 17.5. The Labute approximate surface area is 223 Å². The molecule has 6 nitrogen and oxygen atoms in total. The lowest BCUT2D eigenvalue weighted by atomic mass is 9.77. The maximum atomic E-state index is 14.1. The van der Waals surface area contributed by atoms with Crippen LogP contribution in [0.3, 0.4) is 0 Å². The second-order valence-corrected chi connectivity index (χ2v) is 10.2. The number of nitrogens with zero attached hydrogens (tertiary/aromatic N) is 2. The van der Waals surface area contributed by atoms with Crippen LogP contribution in [-0.4, -0.2) is 63.2 Å². The van der Waals surface area contributed by atoms with Crippen LogP contribution in [0.5, 0.6) is 17.2 Å². The number of likely N-dealkylation sites (tertiary alicyclic amines) is 1. The fourth-order valence-corrected chi connectivity index (χ4v) is 5.51. The van der Waals surface area contributed by atoms with Crippen molar-refractivity contribution >= 4 is 5.91 Å². The molecular formula is C31H46N2O4. The Bertz CT molecular complexity index is 955. The van der Waals surface area contributed by atoms with Crippen LogP contribution in [0.25, 0.3) is 0 Å². The van der Waals surface area contributed by atoms with Gasteiger partial charge in [0.15, 0.2) is 11.5 Å². The number of unbranched alkanes of at least 4 members (excludes halogenated alkanes) is 1. The van der Waals surface area contributed by atoms with Crippen LogP contribution in [0, 0.1) is 5.41 Å². The van der Waals surface area contributed by atoms with E-state index < -0.39 is 0 Å². The summed E-state index contributed by atoms with van der Waals surface area (Å²) in [6, 6.07) is 14.5. The van der Waals surface area contributed by atoms with Crippen LogP contribution in [0.1, 0.15) is 63.5 Å². The minimum atomic E-state index is -0.325. The molecule has 0 N–H and O–H groups in total. The fourth-order valence-electron chi connectivity index (χ4n) is 5.51. The second-order valence-electron chi connectivity index (χ2n) is 10.2. The maximum Gasteiger partial charge on any atom is 0.229 e. The van der Waals surface area contributed by atoms with Gasteiger partial charge in [0.05, 0.1) is 26.7 Å². The summed E-state index contributed by atoms with van der Waals surface area (Å²) in [4.78, 5) is 18.7. The molecule has 0 spiro atoms. The zero-order chi connectivity index (χ0) is 26.7. The van der Waals surface area contributed by atoms with Crippen molar-refractivity contribution in [3.63, 3.8) is 0 Å². The molecule has 0 saturated carbocycles. The Balaban J connectivity index is 1.80. The van der Waals surface area contributed by atoms with Gasteiger partial charge < -0.3 is 24.0 Å². The Hall–Kier alpha value is -2.73. The summed E-state index contributed by atoms with van der Waals surface area (Å²) in [5, 5.41) is 0. The summed E-state index contributed by atoms with van der Waals surface area (Å²) in [6.45, 7) is 8.98. The monoisotopic (exact) mass is 510 g/mol. The van der Waals surface area contributed by atoms with E-state index in [2.05, 4.69) is 49.1 Å². The molecule has 6 heteroatoms. The summed E-state index contributed by atoms with van der Waals surface area (Å²) in [5.41, 5.74) is 1.96. The van der Waals surface area contributed by atoms with E-state index in [9.17, 15) is 4.79 Å². The van der Waals surface area contributed by atoms with Crippen molar-refractivity contribution in [1.29, 1.82) is 0 Å². The third-order valence-electron chi connectivity index (χ3n) is 7.71. The number of carbonyl (C=O) groups is 1. The highest BCUT2D eigenvalue weighted by atomic mass is 16.5. The Morgan fingerprint density at radius 3 is 2.16 bits per heavy atom. The molecule has 0 bridgehead atoms. The van der Waals surface area contributed by atoms with Crippen LogP contribution in [0.4, 0.5) is 0 Å². The average Bonchev–Trinajstić information content (AvgIpc) is 3.23. The smallest absolute Gasteiger partial charge is 0.229 e. The predicted octanol–water partition coefficient (Wildman–Crippen LogP) is 5.97. The molecule has 1 aliphatic heterocycles. The Morgan fingerprint density at radius 2 is 1.57 bits per heavy atom. The molecule has 1 fully saturated rings. The van der Waals surface area contributed by atoms with Gasteiger partial charge in [-0.25, -0.2) is 0 Å². The van der Waals surface area contributed by atoms with Crippen molar-refractivity contribution in [3.05, 3.63) is 53.6 Å². The number of aryl methyl sites for hydroxylation is 1. The van der Waals surface area contributed by atoms with E-state index in [1.807, 2.05) is 17.0 Å². The van der Waals surface area contributed by atoms with Crippen molar-refractivity contribution in [2.75, 3.05) is 47.5 Å². The topological polar surface area (TPSA) is 51.2 Å². The zero-order valence-corrected chi connectivity index (χ0v) is 23.6. The number of methoxy groups -OCH3 is 3. The molecule has 0 radical (unpaired) electrons. The van der Waals surface area contributed by atoms with Crippen LogP contribution in [0.15, 0.2) is 42.5 Å². The van der Waals surface area contributed by atoms with E-state index in [1.54, 1.807) is 21.3 Å². The highest BCUT2D eigenvalue weighted by Crippen LogP contribution is 2.42.